The predicted octanol–water partition coefficient (Wildman–Crippen LogP) is 3.57. The molecule has 4 aromatic rings. The van der Waals surface area contributed by atoms with Crippen molar-refractivity contribution in [3.8, 4) is 11.5 Å². The lowest BCUT2D eigenvalue weighted by atomic mass is 10.2. The van der Waals surface area contributed by atoms with Crippen molar-refractivity contribution < 1.29 is 14.6 Å². The first-order valence-corrected chi connectivity index (χ1v) is 8.72. The Labute approximate surface area is 161 Å². The number of para-hydroxylation sites is 1. The van der Waals surface area contributed by atoms with Gasteiger partial charge in [0.25, 0.3) is 5.91 Å². The molecule has 2 N–H and O–H groups in total. The Morgan fingerprint density at radius 1 is 1.18 bits per heavy atom. The van der Waals surface area contributed by atoms with Gasteiger partial charge in [-0.25, -0.2) is 9.97 Å². The van der Waals surface area contributed by atoms with Gasteiger partial charge in [0.15, 0.2) is 11.6 Å². The second-order valence-corrected chi connectivity index (χ2v) is 6.26. The van der Waals surface area contributed by atoms with Crippen LogP contribution < -0.4 is 10.1 Å². The summed E-state index contributed by atoms with van der Waals surface area (Å²) in [6.07, 6.45) is 5.32. The molecular formula is C21H18N4O3. The average molecular weight is 374 g/mol. The molecule has 7 nitrogen and oxygen atoms in total. The third-order valence-electron chi connectivity index (χ3n) is 4.25. The zero-order valence-electron chi connectivity index (χ0n) is 15.2. The van der Waals surface area contributed by atoms with E-state index in [1.165, 1.54) is 12.3 Å². The Morgan fingerprint density at radius 2 is 2.04 bits per heavy atom. The maximum absolute atomic E-state index is 12.6. The summed E-state index contributed by atoms with van der Waals surface area (Å²) < 4.78 is 7.80. The Kier molecular flexibility index (Phi) is 4.63. The first-order valence-electron chi connectivity index (χ1n) is 8.72. The number of carbonyl (C=O) groups excluding carboxylic acids is 1. The molecule has 0 fully saturated rings. The monoisotopic (exact) mass is 374 g/mol. The lowest BCUT2D eigenvalue weighted by Crippen LogP contribution is -2.14. The number of fused-ring (bicyclic) bond motifs is 1. The minimum atomic E-state index is -0.421. The van der Waals surface area contributed by atoms with Gasteiger partial charge in [-0.05, 0) is 42.8 Å². The number of nitrogens with one attached hydrogen (secondary N) is 1. The van der Waals surface area contributed by atoms with E-state index in [0.29, 0.717) is 11.3 Å². The Bertz CT molecular complexity index is 1150. The second kappa shape index (κ2) is 7.40. The summed E-state index contributed by atoms with van der Waals surface area (Å²) in [5, 5.41) is 12.4. The fourth-order valence-electron chi connectivity index (χ4n) is 2.87. The topological polar surface area (TPSA) is 88.8 Å². The number of amides is 1. The van der Waals surface area contributed by atoms with Crippen molar-refractivity contribution in [2.24, 2.45) is 0 Å². The van der Waals surface area contributed by atoms with Gasteiger partial charge >= 0.3 is 0 Å². The molecule has 0 radical (unpaired) electrons. The highest BCUT2D eigenvalue weighted by Crippen LogP contribution is 2.23. The molecule has 0 aliphatic heterocycles. The van der Waals surface area contributed by atoms with E-state index in [9.17, 15) is 9.90 Å². The van der Waals surface area contributed by atoms with Crippen LogP contribution in [-0.4, -0.2) is 25.4 Å². The number of pyridine rings is 2. The van der Waals surface area contributed by atoms with Crippen molar-refractivity contribution in [1.82, 2.24) is 14.4 Å². The minimum Gasteiger partial charge on any atom is -0.504 e. The fraction of sp³-hybridized carbons (Fsp3) is 0.0952. The normalized spacial score (nSPS) is 10.8. The van der Waals surface area contributed by atoms with Gasteiger partial charge in [0.1, 0.15) is 18.0 Å². The van der Waals surface area contributed by atoms with E-state index < -0.39 is 5.91 Å². The first-order chi connectivity index (χ1) is 13.6. The van der Waals surface area contributed by atoms with Gasteiger partial charge in [0, 0.05) is 18.6 Å². The summed E-state index contributed by atoms with van der Waals surface area (Å²) in [6, 6.07) is 13.9. The number of hydrogen-bond donors (Lipinski definition) is 2. The van der Waals surface area contributed by atoms with Gasteiger partial charge in [-0.2, -0.15) is 0 Å². The van der Waals surface area contributed by atoms with E-state index in [1.54, 1.807) is 30.3 Å². The number of anilines is 1. The number of hydrogen-bond acceptors (Lipinski definition) is 5. The number of aromatic hydroxyl groups is 1. The van der Waals surface area contributed by atoms with Crippen LogP contribution in [0.5, 0.6) is 11.5 Å². The summed E-state index contributed by atoms with van der Waals surface area (Å²) in [5.74, 6) is -0.00732. The fourth-order valence-corrected chi connectivity index (χ4v) is 2.87. The van der Waals surface area contributed by atoms with Gasteiger partial charge in [-0.3, -0.25) is 4.79 Å². The van der Waals surface area contributed by atoms with Crippen LogP contribution in [0.4, 0.5) is 5.82 Å². The summed E-state index contributed by atoms with van der Waals surface area (Å²) in [6.45, 7) is 2.22. The minimum absolute atomic E-state index is 0.0955. The molecule has 0 saturated carbocycles. The van der Waals surface area contributed by atoms with Crippen LogP contribution in [0.25, 0.3) is 5.65 Å². The standard InChI is InChI=1S/C21H18N4O3/c1-14-6-5-11-25-12-15(23-20(14)25)13-28-18-9-3-2-7-16(18)21(27)24-19-17(26)8-4-10-22-19/h2-12,26H,13H2,1H3,(H,22,24,27). The molecular weight excluding hydrogens is 356 g/mol. The SMILES string of the molecule is Cc1cccn2cc(COc3ccccc3C(=O)Nc3ncccc3O)nc12. The molecule has 0 bridgehead atoms. The zero-order chi connectivity index (χ0) is 19.5. The largest absolute Gasteiger partial charge is 0.504 e. The van der Waals surface area contributed by atoms with E-state index in [1.807, 2.05) is 35.9 Å². The van der Waals surface area contributed by atoms with Crippen LogP contribution in [0.1, 0.15) is 21.6 Å². The quantitative estimate of drug-likeness (QED) is 0.557. The van der Waals surface area contributed by atoms with E-state index in [0.717, 1.165) is 16.9 Å². The van der Waals surface area contributed by atoms with Crippen molar-refractivity contribution >= 4 is 17.4 Å². The van der Waals surface area contributed by atoms with Crippen LogP contribution in [0.2, 0.25) is 0 Å². The van der Waals surface area contributed by atoms with E-state index in [2.05, 4.69) is 15.3 Å². The van der Waals surface area contributed by atoms with Crippen LogP contribution in [-0.2, 0) is 6.61 Å². The number of aromatic nitrogens is 3. The number of aryl methyl sites for hydroxylation is 1. The summed E-state index contributed by atoms with van der Waals surface area (Å²) >= 11 is 0. The molecule has 7 heteroatoms. The molecule has 0 aliphatic rings. The maximum atomic E-state index is 12.6. The summed E-state index contributed by atoms with van der Waals surface area (Å²) in [4.78, 5) is 21.2. The van der Waals surface area contributed by atoms with Crippen LogP contribution in [0.15, 0.2) is 67.1 Å². The molecule has 1 aromatic carbocycles. The molecule has 0 unspecified atom stereocenters. The van der Waals surface area contributed by atoms with Crippen molar-refractivity contribution in [1.29, 1.82) is 0 Å². The number of ether oxygens (including phenoxy) is 1. The molecule has 3 aromatic heterocycles. The van der Waals surface area contributed by atoms with E-state index >= 15 is 0 Å². The molecule has 0 saturated heterocycles. The third-order valence-corrected chi connectivity index (χ3v) is 4.25. The predicted molar refractivity (Wildman–Crippen MR) is 105 cm³/mol. The number of nitrogens with zero attached hydrogens (tertiary/aromatic N) is 3. The summed E-state index contributed by atoms with van der Waals surface area (Å²) in [5.41, 5.74) is 3.04. The third kappa shape index (κ3) is 3.50. The highest BCUT2D eigenvalue weighted by molar-refractivity contribution is 6.06. The molecule has 0 spiro atoms. The number of benzene rings is 1. The van der Waals surface area contributed by atoms with Crippen molar-refractivity contribution in [2.45, 2.75) is 13.5 Å². The highest BCUT2D eigenvalue weighted by atomic mass is 16.5. The van der Waals surface area contributed by atoms with Crippen LogP contribution in [0, 0.1) is 6.92 Å². The number of rotatable bonds is 5. The van der Waals surface area contributed by atoms with Gasteiger partial charge < -0.3 is 19.6 Å². The van der Waals surface area contributed by atoms with Gasteiger partial charge in [-0.15, -0.1) is 0 Å². The average Bonchev–Trinajstić information content (AvgIpc) is 3.13. The highest BCUT2D eigenvalue weighted by Gasteiger charge is 2.15. The number of carbonyl (C=O) groups is 1. The second-order valence-electron chi connectivity index (χ2n) is 6.26. The van der Waals surface area contributed by atoms with Crippen molar-refractivity contribution in [2.75, 3.05) is 5.32 Å². The Balaban J connectivity index is 1.53. The molecule has 0 aliphatic carbocycles. The van der Waals surface area contributed by atoms with Gasteiger partial charge in [0.05, 0.1) is 11.3 Å². The molecule has 1 amide bonds. The van der Waals surface area contributed by atoms with Gasteiger partial charge in [0.2, 0.25) is 0 Å². The lowest BCUT2D eigenvalue weighted by molar-refractivity contribution is 0.102. The molecule has 3 heterocycles. The van der Waals surface area contributed by atoms with Crippen LogP contribution in [0.3, 0.4) is 0 Å². The van der Waals surface area contributed by atoms with Gasteiger partial charge in [-0.1, -0.05) is 18.2 Å². The zero-order valence-corrected chi connectivity index (χ0v) is 15.2. The molecule has 140 valence electrons. The maximum Gasteiger partial charge on any atom is 0.260 e. The first kappa shape index (κ1) is 17.5. The van der Waals surface area contributed by atoms with Crippen molar-refractivity contribution in [3.05, 3.63) is 83.9 Å². The number of imidazole rings is 1. The lowest BCUT2D eigenvalue weighted by Gasteiger charge is -2.11. The Morgan fingerprint density at radius 3 is 2.86 bits per heavy atom. The van der Waals surface area contributed by atoms with Crippen molar-refractivity contribution in [3.63, 3.8) is 0 Å². The Hall–Kier alpha value is -3.87. The van der Waals surface area contributed by atoms with E-state index in [4.69, 9.17) is 4.74 Å². The summed E-state index contributed by atoms with van der Waals surface area (Å²) in [7, 11) is 0. The van der Waals surface area contributed by atoms with E-state index in [-0.39, 0.29) is 18.2 Å². The molecule has 0 atom stereocenters. The van der Waals surface area contributed by atoms with Crippen LogP contribution >= 0.6 is 0 Å². The molecule has 28 heavy (non-hydrogen) atoms. The molecule has 4 rings (SSSR count). The smallest absolute Gasteiger partial charge is 0.260 e.